The minimum absolute atomic E-state index is 0.0767. The predicted octanol–water partition coefficient (Wildman–Crippen LogP) is 7.57. The standard InChI is InChI=1S/C23H27F3N2O3.C16H18F3N3O/c1-15-11-19(14-28(2)22(15)30)17-3-4-18(13-21(29)16-5-9-31-10-6-16)20(12-17)27-8-7-23(24,25)26;1-10-7-12(9-22(2)15(10)23)11-3-4-13(20)14(8-11)21-6-5-16(17,18)19/h3-4,11-12,14,16,27H,5-10,13H2,1-2H3;3-4,7-9,21H,5-6,20H2,1-2H3. The summed E-state index contributed by atoms with van der Waals surface area (Å²) in [5.74, 6) is -0.00405. The molecule has 0 bridgehead atoms. The van der Waals surface area contributed by atoms with Crippen LogP contribution in [0.2, 0.25) is 0 Å². The number of pyridine rings is 2. The molecule has 1 aliphatic rings. The number of aryl methyl sites for hydroxylation is 4. The smallest absolute Gasteiger partial charge is 0.390 e. The fourth-order valence-corrected chi connectivity index (χ4v) is 6.06. The SMILES string of the molecule is Cc1cc(-c2ccc(CC(=O)C3CCOCC3)c(NCCC(F)(F)F)c2)cn(C)c1=O.Cc1cc(-c2ccc(N)c(NCCC(F)(F)F)c2)cn(C)c1=O. The summed E-state index contributed by atoms with van der Waals surface area (Å²) in [6.45, 7) is 4.01. The Morgan fingerprint density at radius 3 is 1.69 bits per heavy atom. The van der Waals surface area contributed by atoms with Gasteiger partial charge < -0.3 is 30.2 Å². The number of carbonyl (C=O) groups excluding carboxylic acids is 1. The lowest BCUT2D eigenvalue weighted by molar-refractivity contribution is -0.132. The molecule has 0 atom stereocenters. The number of nitrogens with two attached hydrogens (primary N) is 1. The number of nitrogens with one attached hydrogen (secondary N) is 2. The summed E-state index contributed by atoms with van der Waals surface area (Å²) in [4.78, 5) is 36.4. The van der Waals surface area contributed by atoms with Crippen LogP contribution in [-0.2, 0) is 30.0 Å². The number of carbonyl (C=O) groups is 1. The van der Waals surface area contributed by atoms with Crippen molar-refractivity contribution in [3.05, 3.63) is 98.3 Å². The number of halogens is 6. The molecule has 0 spiro atoms. The second-order valence-electron chi connectivity index (χ2n) is 13.4. The highest BCUT2D eigenvalue weighted by Gasteiger charge is 2.27. The fraction of sp³-hybridized carbons (Fsp3) is 0.410. The number of nitrogens with zero attached hydrogens (tertiary/aromatic N) is 2. The predicted molar refractivity (Wildman–Crippen MR) is 199 cm³/mol. The van der Waals surface area contributed by atoms with Crippen molar-refractivity contribution in [3.8, 4) is 22.3 Å². The van der Waals surface area contributed by atoms with Gasteiger partial charge in [-0.05, 0) is 84.8 Å². The molecule has 1 aliphatic heterocycles. The Labute approximate surface area is 309 Å². The van der Waals surface area contributed by atoms with Gasteiger partial charge in [-0.15, -0.1) is 0 Å². The van der Waals surface area contributed by atoms with Crippen LogP contribution in [0.25, 0.3) is 22.3 Å². The van der Waals surface area contributed by atoms with Crippen molar-refractivity contribution in [1.29, 1.82) is 0 Å². The molecule has 4 aromatic rings. The van der Waals surface area contributed by atoms with E-state index in [2.05, 4.69) is 10.6 Å². The Hall–Kier alpha value is -5.05. The first kappa shape index (κ1) is 41.7. The number of Topliss-reactive ketones (excluding diaryl/α,β-unsaturated/α-hetero) is 1. The van der Waals surface area contributed by atoms with Crippen molar-refractivity contribution >= 4 is 22.8 Å². The third-order valence-electron chi connectivity index (χ3n) is 9.04. The number of alkyl halides is 6. The quantitative estimate of drug-likeness (QED) is 0.107. The summed E-state index contributed by atoms with van der Waals surface area (Å²) in [6.07, 6.45) is -5.51. The van der Waals surface area contributed by atoms with Gasteiger partial charge >= 0.3 is 12.4 Å². The Morgan fingerprint density at radius 2 is 1.20 bits per heavy atom. The molecule has 1 saturated heterocycles. The van der Waals surface area contributed by atoms with E-state index in [1.807, 2.05) is 6.07 Å². The van der Waals surface area contributed by atoms with Crippen LogP contribution in [0.15, 0.2) is 70.5 Å². The van der Waals surface area contributed by atoms with E-state index in [1.54, 1.807) is 82.8 Å². The van der Waals surface area contributed by atoms with Crippen LogP contribution >= 0.6 is 0 Å². The van der Waals surface area contributed by atoms with Gasteiger partial charge in [0.1, 0.15) is 5.78 Å². The second kappa shape index (κ2) is 17.9. The maximum absolute atomic E-state index is 12.7. The molecule has 0 radical (unpaired) electrons. The average Bonchev–Trinajstić information content (AvgIpc) is 3.10. The van der Waals surface area contributed by atoms with E-state index in [4.69, 9.17) is 10.5 Å². The molecule has 4 N–H and O–H groups in total. The van der Waals surface area contributed by atoms with Gasteiger partial charge in [0.05, 0.1) is 24.2 Å². The molecule has 2 aromatic carbocycles. The molecule has 3 heterocycles. The summed E-state index contributed by atoms with van der Waals surface area (Å²) in [6, 6.07) is 13.9. The van der Waals surface area contributed by atoms with E-state index < -0.39 is 25.2 Å². The van der Waals surface area contributed by atoms with Crippen molar-refractivity contribution in [1.82, 2.24) is 9.13 Å². The first-order valence-corrected chi connectivity index (χ1v) is 17.4. The lowest BCUT2D eigenvalue weighted by Gasteiger charge is -2.22. The molecule has 0 amide bonds. The molecule has 292 valence electrons. The number of hydrogen-bond acceptors (Lipinski definition) is 7. The summed E-state index contributed by atoms with van der Waals surface area (Å²) in [5, 5.41) is 5.57. The Kier molecular flexibility index (Phi) is 13.8. The number of aromatic nitrogens is 2. The fourth-order valence-electron chi connectivity index (χ4n) is 6.06. The van der Waals surface area contributed by atoms with Crippen molar-refractivity contribution in [2.45, 2.75) is 58.3 Å². The van der Waals surface area contributed by atoms with Gasteiger partial charge in [-0.3, -0.25) is 14.4 Å². The van der Waals surface area contributed by atoms with Crippen molar-refractivity contribution in [3.63, 3.8) is 0 Å². The van der Waals surface area contributed by atoms with E-state index in [0.717, 1.165) is 22.3 Å². The Morgan fingerprint density at radius 1 is 0.741 bits per heavy atom. The first-order chi connectivity index (χ1) is 25.3. The van der Waals surface area contributed by atoms with Gasteiger partial charge in [-0.25, -0.2) is 0 Å². The number of ether oxygens (including phenoxy) is 1. The third kappa shape index (κ3) is 12.0. The molecule has 15 heteroatoms. The van der Waals surface area contributed by atoms with E-state index >= 15 is 0 Å². The van der Waals surface area contributed by atoms with Crippen molar-refractivity contribution < 1.29 is 35.9 Å². The summed E-state index contributed by atoms with van der Waals surface area (Å²) in [5.41, 5.74) is 11.9. The van der Waals surface area contributed by atoms with Crippen molar-refractivity contribution in [2.75, 3.05) is 42.7 Å². The van der Waals surface area contributed by atoms with E-state index in [9.17, 15) is 40.7 Å². The Balaban J connectivity index is 0.000000252. The maximum atomic E-state index is 12.7. The largest absolute Gasteiger partial charge is 0.397 e. The first-order valence-electron chi connectivity index (χ1n) is 17.4. The Bertz CT molecular complexity index is 2000. The van der Waals surface area contributed by atoms with Gasteiger partial charge in [-0.2, -0.15) is 26.3 Å². The number of nitrogen functional groups attached to an aromatic ring is 1. The molecule has 54 heavy (non-hydrogen) atoms. The maximum Gasteiger partial charge on any atom is 0.390 e. The zero-order valence-electron chi connectivity index (χ0n) is 30.6. The van der Waals surface area contributed by atoms with Crippen LogP contribution in [0.1, 0.15) is 42.4 Å². The van der Waals surface area contributed by atoms with Crippen LogP contribution in [0.5, 0.6) is 0 Å². The topological polar surface area (TPSA) is 120 Å². The molecule has 1 fully saturated rings. The van der Waals surface area contributed by atoms with Gasteiger partial charge in [0.2, 0.25) is 0 Å². The normalized spacial score (nSPS) is 13.6. The third-order valence-corrected chi connectivity index (χ3v) is 9.04. The van der Waals surface area contributed by atoms with Crippen molar-refractivity contribution in [2.24, 2.45) is 20.0 Å². The summed E-state index contributed by atoms with van der Waals surface area (Å²) >= 11 is 0. The zero-order valence-corrected chi connectivity index (χ0v) is 30.6. The molecular formula is C39H45F6N5O4. The highest BCUT2D eigenvalue weighted by atomic mass is 19.4. The molecule has 5 rings (SSSR count). The minimum atomic E-state index is -4.27. The molecular weight excluding hydrogens is 716 g/mol. The number of hydrogen-bond donors (Lipinski definition) is 3. The lowest BCUT2D eigenvalue weighted by Crippen LogP contribution is -2.25. The highest BCUT2D eigenvalue weighted by molar-refractivity contribution is 5.85. The molecule has 9 nitrogen and oxygen atoms in total. The number of rotatable bonds is 11. The van der Waals surface area contributed by atoms with Gasteiger partial charge in [0.15, 0.2) is 0 Å². The minimum Gasteiger partial charge on any atom is -0.397 e. The van der Waals surface area contributed by atoms with E-state index in [1.165, 1.54) is 9.13 Å². The van der Waals surface area contributed by atoms with Crippen LogP contribution in [0.3, 0.4) is 0 Å². The summed E-state index contributed by atoms with van der Waals surface area (Å²) in [7, 11) is 3.31. The lowest BCUT2D eigenvalue weighted by atomic mass is 9.90. The molecule has 2 aromatic heterocycles. The number of anilines is 3. The van der Waals surface area contributed by atoms with Crippen LogP contribution in [0, 0.1) is 19.8 Å². The number of ketones is 1. The molecule has 0 aliphatic carbocycles. The van der Waals surface area contributed by atoms with Gasteiger partial charge in [0, 0.05) is 81.9 Å². The monoisotopic (exact) mass is 761 g/mol. The highest BCUT2D eigenvalue weighted by Crippen LogP contribution is 2.30. The van der Waals surface area contributed by atoms with E-state index in [0.29, 0.717) is 59.8 Å². The summed E-state index contributed by atoms with van der Waals surface area (Å²) < 4.78 is 82.9. The zero-order chi connectivity index (χ0) is 39.8. The molecule has 0 unspecified atom stereocenters. The second-order valence-corrected chi connectivity index (χ2v) is 13.4. The van der Waals surface area contributed by atoms with Gasteiger partial charge in [-0.1, -0.05) is 18.2 Å². The van der Waals surface area contributed by atoms with Crippen LogP contribution in [0.4, 0.5) is 43.4 Å². The van der Waals surface area contributed by atoms with Gasteiger partial charge in [0.25, 0.3) is 11.1 Å². The van der Waals surface area contributed by atoms with E-state index in [-0.39, 0.29) is 42.3 Å². The number of benzene rings is 2. The average molecular weight is 762 g/mol. The van der Waals surface area contributed by atoms with Crippen LogP contribution < -0.4 is 27.5 Å². The molecule has 0 saturated carbocycles. The van der Waals surface area contributed by atoms with Crippen LogP contribution in [-0.4, -0.2) is 53.6 Å².